The van der Waals surface area contributed by atoms with Crippen molar-refractivity contribution in [3.05, 3.63) is 83.4 Å². The fourth-order valence-corrected chi connectivity index (χ4v) is 9.80. The highest BCUT2D eigenvalue weighted by Crippen LogP contribution is 2.51. The number of carboxylic acids is 1. The van der Waals surface area contributed by atoms with E-state index >= 15 is 0 Å². The predicted octanol–water partition coefficient (Wildman–Crippen LogP) is 1.46. The molecule has 2 aliphatic heterocycles. The number of aliphatic carboxylic acids is 1. The summed E-state index contributed by atoms with van der Waals surface area (Å²) in [6.45, 7) is 7.87. The van der Waals surface area contributed by atoms with Gasteiger partial charge in [0.05, 0.1) is 11.1 Å². The molecule has 2 heterocycles. The third-order valence-corrected chi connectivity index (χ3v) is 13.1. The molecule has 2 unspecified atom stereocenters. The van der Waals surface area contributed by atoms with Crippen molar-refractivity contribution >= 4 is 94.8 Å². The van der Waals surface area contributed by atoms with Crippen molar-refractivity contribution in [2.75, 3.05) is 13.1 Å². The second-order valence-electron chi connectivity index (χ2n) is 18.4. The lowest BCUT2D eigenvalue weighted by atomic mass is 9.95. The monoisotopic (exact) mass is 1150 g/mol. The lowest BCUT2D eigenvalue weighted by Crippen LogP contribution is -2.71. The molecule has 6 N–H and O–H groups in total. The molecule has 8 amide bonds. The van der Waals surface area contributed by atoms with E-state index in [4.69, 9.17) is 23.8 Å². The number of thioether (sulfide) groups is 1. The number of carboxylic acid groups (broad SMARTS) is 1. The molecule has 0 aromatic heterocycles. The first-order valence-corrected chi connectivity index (χ1v) is 25.6. The molecule has 0 saturated carbocycles. The van der Waals surface area contributed by atoms with E-state index in [2.05, 4.69) is 26.8 Å². The molecule has 4 atom stereocenters. The number of fused-ring (bicyclic) bond motifs is 1. The van der Waals surface area contributed by atoms with E-state index < -0.39 is 148 Å². The fourth-order valence-electron chi connectivity index (χ4n) is 8.17. The minimum absolute atomic E-state index is 0.122. The van der Waals surface area contributed by atoms with Gasteiger partial charge in [0.15, 0.2) is 23.0 Å². The molecule has 0 spiro atoms. The summed E-state index contributed by atoms with van der Waals surface area (Å²) in [5, 5.41) is 17.8. The van der Waals surface area contributed by atoms with E-state index in [9.17, 15) is 72.2 Å². The molecular formula is C52H58N8O20S. The van der Waals surface area contributed by atoms with Gasteiger partial charge in [-0.05, 0) is 56.5 Å². The summed E-state index contributed by atoms with van der Waals surface area (Å²) in [7, 11) is 0. The van der Waals surface area contributed by atoms with Crippen LogP contribution >= 0.6 is 11.8 Å². The summed E-state index contributed by atoms with van der Waals surface area (Å²) in [6, 6.07) is 12.1. The van der Waals surface area contributed by atoms with Crippen LogP contribution in [0.1, 0.15) is 119 Å². The molecular weight excluding hydrogens is 1090 g/mol. The zero-order valence-electron chi connectivity index (χ0n) is 44.8. The number of para-hydroxylation sites is 2. The largest absolute Gasteiger partial charge is 0.480 e. The van der Waals surface area contributed by atoms with Gasteiger partial charge in [0.1, 0.15) is 23.5 Å². The highest BCUT2D eigenvalue weighted by molar-refractivity contribution is 8.01. The summed E-state index contributed by atoms with van der Waals surface area (Å²) in [6.07, 6.45) is -2.69. The molecule has 29 heteroatoms. The Kier molecular flexibility index (Phi) is 21.5. The predicted molar refractivity (Wildman–Crippen MR) is 277 cm³/mol. The number of amides is 8. The molecule has 0 aliphatic carbocycles. The van der Waals surface area contributed by atoms with Crippen molar-refractivity contribution in [3.63, 3.8) is 0 Å². The van der Waals surface area contributed by atoms with E-state index in [-0.39, 0.29) is 53.8 Å². The maximum absolute atomic E-state index is 13.8. The van der Waals surface area contributed by atoms with Crippen LogP contribution in [0.5, 0.6) is 23.0 Å². The van der Waals surface area contributed by atoms with Gasteiger partial charge in [-0.1, -0.05) is 47.6 Å². The van der Waals surface area contributed by atoms with Crippen LogP contribution in [0.3, 0.4) is 0 Å². The molecule has 432 valence electrons. The Bertz CT molecular complexity index is 3010. The summed E-state index contributed by atoms with van der Waals surface area (Å²) in [4.78, 5) is 185. The van der Waals surface area contributed by atoms with Crippen molar-refractivity contribution in [1.82, 2.24) is 41.9 Å². The van der Waals surface area contributed by atoms with Crippen molar-refractivity contribution in [3.8, 4) is 23.0 Å². The third kappa shape index (κ3) is 17.0. The van der Waals surface area contributed by atoms with Crippen LogP contribution in [0.2, 0.25) is 0 Å². The number of carbonyl (C=O) groups is 14. The number of hydrazine groups is 2. The maximum atomic E-state index is 13.8. The number of hydrogen-bond acceptors (Lipinski definition) is 20. The van der Waals surface area contributed by atoms with Crippen LogP contribution in [0.15, 0.2) is 66.7 Å². The molecule has 3 aromatic rings. The molecule has 81 heavy (non-hydrogen) atoms. The number of rotatable bonds is 22. The topological polar surface area (TPSA) is 375 Å². The van der Waals surface area contributed by atoms with E-state index in [1.165, 1.54) is 53.1 Å². The van der Waals surface area contributed by atoms with E-state index in [0.717, 1.165) is 39.6 Å². The highest BCUT2D eigenvalue weighted by Gasteiger charge is 2.64. The van der Waals surface area contributed by atoms with Crippen LogP contribution in [0, 0.1) is 0 Å². The summed E-state index contributed by atoms with van der Waals surface area (Å²) in [5.74, 6) is -14.1. The Morgan fingerprint density at radius 3 is 1.75 bits per heavy atom. The molecule has 28 nitrogen and oxygen atoms in total. The smallest absolute Gasteiger partial charge is 0.331 e. The van der Waals surface area contributed by atoms with Gasteiger partial charge >= 0.3 is 35.8 Å². The highest BCUT2D eigenvalue weighted by atomic mass is 32.2. The first kappa shape index (κ1) is 62.4. The van der Waals surface area contributed by atoms with Gasteiger partial charge in [-0.2, -0.15) is 0 Å². The van der Waals surface area contributed by atoms with Gasteiger partial charge in [-0.3, -0.25) is 68.0 Å². The lowest BCUT2D eigenvalue weighted by molar-refractivity contribution is -0.210. The van der Waals surface area contributed by atoms with Gasteiger partial charge in [0.25, 0.3) is 17.7 Å². The van der Waals surface area contributed by atoms with E-state index in [1.54, 1.807) is 44.2 Å². The van der Waals surface area contributed by atoms with Gasteiger partial charge in [0.2, 0.25) is 29.5 Å². The number of nitrogens with one attached hydrogen (secondary N) is 5. The van der Waals surface area contributed by atoms with E-state index in [0.29, 0.717) is 5.56 Å². The molecule has 5 rings (SSSR count). The second kappa shape index (κ2) is 28.0. The Labute approximate surface area is 466 Å². The van der Waals surface area contributed by atoms with Crippen LogP contribution in [-0.4, -0.2) is 139 Å². The zero-order chi connectivity index (χ0) is 59.9. The van der Waals surface area contributed by atoms with Gasteiger partial charge in [-0.15, -0.1) is 11.8 Å². The summed E-state index contributed by atoms with van der Waals surface area (Å²) < 4.78 is 19.7. The van der Waals surface area contributed by atoms with Crippen molar-refractivity contribution in [2.45, 2.75) is 115 Å². The van der Waals surface area contributed by atoms with Crippen LogP contribution < -0.4 is 45.7 Å². The number of esters is 4. The van der Waals surface area contributed by atoms with Crippen molar-refractivity contribution in [2.24, 2.45) is 0 Å². The lowest BCUT2D eigenvalue weighted by Gasteiger charge is -2.44. The molecule has 2 saturated heterocycles. The zero-order valence-corrected chi connectivity index (χ0v) is 45.6. The van der Waals surface area contributed by atoms with Gasteiger partial charge in [-0.25, -0.2) is 15.0 Å². The summed E-state index contributed by atoms with van der Waals surface area (Å²) >= 11 is 1.21. The number of nitrogens with zero attached hydrogens (tertiary/aromatic N) is 3. The number of hydrogen-bond donors (Lipinski definition) is 6. The maximum Gasteiger partial charge on any atom is 0.331 e. The number of hydroxylamine groups is 1. The summed E-state index contributed by atoms with van der Waals surface area (Å²) in [5.41, 5.74) is 4.14. The minimum Gasteiger partial charge on any atom is -0.480 e. The number of carbonyl (C=O) groups excluding carboxylic acids is 13. The molecule has 3 aromatic carbocycles. The fraction of sp³-hybridized carbons (Fsp3) is 0.385. The van der Waals surface area contributed by atoms with Gasteiger partial charge in [0, 0.05) is 78.1 Å². The third-order valence-electron chi connectivity index (χ3n) is 11.5. The number of β-lactam (4-membered cyclic amide) rings is 1. The van der Waals surface area contributed by atoms with Crippen LogP contribution in [0.4, 0.5) is 0 Å². The van der Waals surface area contributed by atoms with Crippen molar-refractivity contribution in [1.29, 1.82) is 0 Å². The SMILES string of the molecule is CC(=O)Oc1cccc(C(=O)NCCCN(NC(=O)c2cccc(OC(C)=O)c2OC(C)=O)C(=O)CCC(=O)NN(OC(C)=O)C(=O)CCCC(=O)NC(C(=O)N[C@@H]2C(=O)N3C2SC(C)(C)[C@@H]3C(=O)O)c2ccccc2)c1OC(C)=O. The molecule has 0 bridgehead atoms. The Hall–Kier alpha value is -9.41. The average molecular weight is 1150 g/mol. The Balaban J connectivity index is 1.23. The van der Waals surface area contributed by atoms with Crippen molar-refractivity contribution < 1.29 is 96.0 Å². The molecule has 2 aliphatic rings. The second-order valence-corrected chi connectivity index (χ2v) is 20.2. The van der Waals surface area contributed by atoms with E-state index in [1.807, 2.05) is 0 Å². The normalized spacial score (nSPS) is 15.8. The Morgan fingerprint density at radius 1 is 0.642 bits per heavy atom. The van der Waals surface area contributed by atoms with Gasteiger partial charge < -0.3 is 49.7 Å². The minimum atomic E-state index is -1.33. The van der Waals surface area contributed by atoms with Crippen LogP contribution in [0.25, 0.3) is 0 Å². The molecule has 0 radical (unpaired) electrons. The number of benzene rings is 3. The first-order valence-electron chi connectivity index (χ1n) is 24.8. The quantitative estimate of drug-likeness (QED) is 0.0273. The number of ether oxygens (including phenoxy) is 4. The first-order chi connectivity index (χ1) is 38.2. The standard InChI is InChI=1S/C52H58N8O20S/c1-27(61)76-35-19-11-17-33(43(35)78-29(3)63)46(70)53-25-14-26-58(57-47(71)34-18-12-20-36(77-28(2)62)44(34)79-30(4)64)39(68)24-23-38(67)56-60(80-31(5)65)40(69)22-13-21-37(66)54-41(32-15-9-8-10-16-32)48(72)55-42-49(73)59-45(51(74)75)52(6,7)81-50(42)59/h8-12,15-20,41-42,45,50H,13-14,21-26H2,1-7H3,(H,53,70)(H,54,66)(H,55,72)(H,56,67)(H,57,71)(H,74,75)/t41?,42-,45+,50?/m1/s1. The van der Waals surface area contributed by atoms with Crippen LogP contribution in [-0.2, 0) is 62.4 Å². The average Bonchev–Trinajstić information content (AvgIpc) is 3.94. The molecule has 2 fully saturated rings. The Morgan fingerprint density at radius 2 is 1.21 bits per heavy atom.